The molecule has 0 spiro atoms. The minimum Gasteiger partial charge on any atom is -0.383 e. The molecule has 0 saturated heterocycles. The van der Waals surface area contributed by atoms with E-state index in [9.17, 15) is 0 Å². The Labute approximate surface area is 87.1 Å². The van der Waals surface area contributed by atoms with E-state index in [0.717, 1.165) is 11.1 Å². The quantitative estimate of drug-likeness (QED) is 0.749. The summed E-state index contributed by atoms with van der Waals surface area (Å²) in [7, 11) is 1.73. The highest BCUT2D eigenvalue weighted by Gasteiger charge is 2.06. The molecular weight excluding hydrogens is 192 g/mol. The Bertz CT molecular complexity index is 475. The van der Waals surface area contributed by atoms with Crippen molar-refractivity contribution in [2.75, 3.05) is 5.73 Å². The Balaban J connectivity index is 2.27. The van der Waals surface area contributed by atoms with Crippen molar-refractivity contribution < 1.29 is 0 Å². The van der Waals surface area contributed by atoms with Gasteiger partial charge in [0, 0.05) is 18.2 Å². The van der Waals surface area contributed by atoms with Crippen LogP contribution in [0.4, 0.5) is 5.82 Å². The molecule has 2 rings (SSSR count). The van der Waals surface area contributed by atoms with E-state index in [4.69, 9.17) is 5.73 Å². The third-order valence-electron chi connectivity index (χ3n) is 2.04. The maximum absolute atomic E-state index is 5.75. The first-order chi connectivity index (χ1) is 7.15. The largest absolute Gasteiger partial charge is 0.383 e. The second-order valence-corrected chi connectivity index (χ2v) is 3.43. The monoisotopic (exact) mass is 204 g/mol. The predicted molar refractivity (Wildman–Crippen MR) is 55.0 cm³/mol. The van der Waals surface area contributed by atoms with Crippen LogP contribution in [-0.2, 0) is 13.5 Å². The van der Waals surface area contributed by atoms with Gasteiger partial charge in [-0.05, 0) is 17.7 Å². The molecule has 6 heteroatoms. The average molecular weight is 204 g/mol. The maximum atomic E-state index is 5.75. The fraction of sp³-hybridized carbons (Fsp3) is 0.333. The predicted octanol–water partition coefficient (Wildman–Crippen LogP) is 0.0865. The van der Waals surface area contributed by atoms with Crippen LogP contribution in [0.15, 0.2) is 12.3 Å². The molecule has 0 aliphatic rings. The molecular formula is C9H12N6. The zero-order valence-electron chi connectivity index (χ0n) is 8.68. The van der Waals surface area contributed by atoms with Gasteiger partial charge in [0.15, 0.2) is 5.82 Å². The van der Waals surface area contributed by atoms with Gasteiger partial charge in [0.25, 0.3) is 0 Å². The number of aryl methyl sites for hydroxylation is 2. The third-order valence-corrected chi connectivity index (χ3v) is 2.04. The molecule has 0 fully saturated rings. The Morgan fingerprint density at radius 1 is 1.47 bits per heavy atom. The molecule has 0 aromatic carbocycles. The molecule has 0 saturated carbocycles. The molecule has 2 N–H and O–H groups in total. The van der Waals surface area contributed by atoms with Gasteiger partial charge in [-0.2, -0.15) is 4.80 Å². The molecule has 0 unspecified atom stereocenters. The lowest BCUT2D eigenvalue weighted by Crippen LogP contribution is -2.01. The summed E-state index contributed by atoms with van der Waals surface area (Å²) in [6, 6.07) is 1.98. The maximum Gasteiger partial charge on any atom is 0.179 e. The molecule has 6 nitrogen and oxygen atoms in total. The number of nitrogen functional groups attached to an aromatic ring is 1. The average Bonchev–Trinajstić information content (AvgIpc) is 2.58. The van der Waals surface area contributed by atoms with Gasteiger partial charge in [-0.15, -0.1) is 10.2 Å². The summed E-state index contributed by atoms with van der Waals surface area (Å²) in [5, 5.41) is 11.7. The van der Waals surface area contributed by atoms with Crippen molar-refractivity contribution >= 4 is 5.82 Å². The number of aromatic nitrogens is 5. The molecule has 0 amide bonds. The fourth-order valence-corrected chi connectivity index (χ4v) is 1.35. The van der Waals surface area contributed by atoms with Crippen LogP contribution >= 0.6 is 0 Å². The van der Waals surface area contributed by atoms with Gasteiger partial charge in [-0.25, -0.2) is 4.98 Å². The van der Waals surface area contributed by atoms with E-state index in [1.807, 2.05) is 13.0 Å². The number of nitrogens with two attached hydrogens (primary N) is 1. The van der Waals surface area contributed by atoms with Crippen LogP contribution in [-0.4, -0.2) is 25.2 Å². The molecule has 78 valence electrons. The Morgan fingerprint density at radius 2 is 2.27 bits per heavy atom. The van der Waals surface area contributed by atoms with Crippen LogP contribution in [0.5, 0.6) is 0 Å². The van der Waals surface area contributed by atoms with Gasteiger partial charge in [0.1, 0.15) is 5.82 Å². The smallest absolute Gasteiger partial charge is 0.179 e. The van der Waals surface area contributed by atoms with Crippen LogP contribution < -0.4 is 5.73 Å². The minimum atomic E-state index is 0.521. The molecule has 0 atom stereocenters. The van der Waals surface area contributed by atoms with E-state index < -0.39 is 0 Å². The number of anilines is 1. The summed E-state index contributed by atoms with van der Waals surface area (Å²) in [6.45, 7) is 1.97. The van der Waals surface area contributed by atoms with Gasteiger partial charge in [-0.3, -0.25) is 0 Å². The summed E-state index contributed by atoms with van der Waals surface area (Å²) in [6.07, 6.45) is 2.30. The molecule has 2 aromatic rings. The number of tetrazole rings is 1. The van der Waals surface area contributed by atoms with E-state index in [1.165, 1.54) is 4.80 Å². The number of nitrogens with zero attached hydrogens (tertiary/aromatic N) is 5. The fourth-order valence-electron chi connectivity index (χ4n) is 1.35. The number of rotatable bonds is 2. The zero-order valence-corrected chi connectivity index (χ0v) is 8.68. The number of hydrogen-bond donors (Lipinski definition) is 1. The topological polar surface area (TPSA) is 82.5 Å². The Hall–Kier alpha value is -1.98. The molecule has 0 aliphatic carbocycles. The SMILES string of the molecule is Cc1cnc(N)c(Cc2nnn(C)n2)c1. The first kappa shape index (κ1) is 9.57. The number of pyridine rings is 1. The normalized spacial score (nSPS) is 10.5. The van der Waals surface area contributed by atoms with Crippen molar-refractivity contribution in [1.82, 2.24) is 25.2 Å². The van der Waals surface area contributed by atoms with E-state index in [-0.39, 0.29) is 0 Å². The summed E-state index contributed by atoms with van der Waals surface area (Å²) < 4.78 is 0. The summed E-state index contributed by atoms with van der Waals surface area (Å²) in [5.41, 5.74) is 7.76. The van der Waals surface area contributed by atoms with Crippen molar-refractivity contribution in [2.24, 2.45) is 7.05 Å². The highest BCUT2D eigenvalue weighted by Crippen LogP contribution is 2.12. The van der Waals surface area contributed by atoms with Gasteiger partial charge in [0.2, 0.25) is 0 Å². The lowest BCUT2D eigenvalue weighted by atomic mass is 10.1. The summed E-state index contributed by atoms with van der Waals surface area (Å²) >= 11 is 0. The van der Waals surface area contributed by atoms with Crippen molar-refractivity contribution in [2.45, 2.75) is 13.3 Å². The van der Waals surface area contributed by atoms with Gasteiger partial charge < -0.3 is 5.73 Å². The van der Waals surface area contributed by atoms with E-state index in [0.29, 0.717) is 18.1 Å². The van der Waals surface area contributed by atoms with Crippen molar-refractivity contribution in [1.29, 1.82) is 0 Å². The molecule has 2 aromatic heterocycles. The Kier molecular flexibility index (Phi) is 2.32. The minimum absolute atomic E-state index is 0.521. The standard InChI is InChI=1S/C9H12N6/c1-6-3-7(9(10)11-5-6)4-8-12-14-15(2)13-8/h3,5H,4H2,1-2H3,(H2,10,11). The first-order valence-corrected chi connectivity index (χ1v) is 4.59. The van der Waals surface area contributed by atoms with Crippen LogP contribution in [0.3, 0.4) is 0 Å². The number of hydrogen-bond acceptors (Lipinski definition) is 5. The molecule has 0 radical (unpaired) electrons. The van der Waals surface area contributed by atoms with Gasteiger partial charge in [0.05, 0.1) is 7.05 Å². The van der Waals surface area contributed by atoms with Gasteiger partial charge in [-0.1, -0.05) is 6.07 Å². The van der Waals surface area contributed by atoms with Crippen LogP contribution in [0.1, 0.15) is 17.0 Å². The van der Waals surface area contributed by atoms with E-state index >= 15 is 0 Å². The van der Waals surface area contributed by atoms with Crippen molar-refractivity contribution in [3.63, 3.8) is 0 Å². The summed E-state index contributed by atoms with van der Waals surface area (Å²) in [4.78, 5) is 5.50. The lowest BCUT2D eigenvalue weighted by Gasteiger charge is -2.02. The second-order valence-electron chi connectivity index (χ2n) is 3.43. The van der Waals surface area contributed by atoms with Gasteiger partial charge >= 0.3 is 0 Å². The van der Waals surface area contributed by atoms with E-state index in [1.54, 1.807) is 13.2 Å². The second kappa shape index (κ2) is 3.64. The molecule has 2 heterocycles. The Morgan fingerprint density at radius 3 is 2.93 bits per heavy atom. The highest BCUT2D eigenvalue weighted by molar-refractivity contribution is 5.42. The third kappa shape index (κ3) is 2.09. The zero-order chi connectivity index (χ0) is 10.8. The first-order valence-electron chi connectivity index (χ1n) is 4.59. The summed E-state index contributed by atoms with van der Waals surface area (Å²) in [5.74, 6) is 1.17. The van der Waals surface area contributed by atoms with Crippen molar-refractivity contribution in [3.05, 3.63) is 29.2 Å². The molecule has 0 aliphatic heterocycles. The van der Waals surface area contributed by atoms with Crippen LogP contribution in [0, 0.1) is 6.92 Å². The van der Waals surface area contributed by atoms with E-state index in [2.05, 4.69) is 20.4 Å². The highest BCUT2D eigenvalue weighted by atomic mass is 15.6. The van der Waals surface area contributed by atoms with Crippen molar-refractivity contribution in [3.8, 4) is 0 Å². The van der Waals surface area contributed by atoms with Crippen LogP contribution in [0.2, 0.25) is 0 Å². The molecule has 15 heavy (non-hydrogen) atoms. The van der Waals surface area contributed by atoms with Crippen LogP contribution in [0.25, 0.3) is 0 Å². The lowest BCUT2D eigenvalue weighted by molar-refractivity contribution is 0.628. The molecule has 0 bridgehead atoms.